The Balaban J connectivity index is 1.43. The number of carbonyl (C=O) groups is 1. The zero-order valence-corrected chi connectivity index (χ0v) is 17.2. The Kier molecular flexibility index (Phi) is 7.26. The van der Waals surface area contributed by atoms with Gasteiger partial charge in [-0.2, -0.15) is 5.26 Å². The summed E-state index contributed by atoms with van der Waals surface area (Å²) in [7, 11) is 1.45. The van der Waals surface area contributed by atoms with Crippen LogP contribution in [0.5, 0.6) is 11.5 Å². The molecule has 1 saturated heterocycles. The number of nitrogens with zero attached hydrogens (tertiary/aromatic N) is 2. The maximum absolute atomic E-state index is 13.9. The molecule has 0 aromatic heterocycles. The lowest BCUT2D eigenvalue weighted by Crippen LogP contribution is -2.47. The van der Waals surface area contributed by atoms with Gasteiger partial charge in [-0.3, -0.25) is 9.69 Å². The van der Waals surface area contributed by atoms with Crippen LogP contribution in [0.4, 0.5) is 4.39 Å². The van der Waals surface area contributed by atoms with Crippen molar-refractivity contribution in [3.8, 4) is 17.6 Å². The van der Waals surface area contributed by atoms with Crippen LogP contribution in [0.15, 0.2) is 42.5 Å². The Morgan fingerprint density at radius 1 is 1.27 bits per heavy atom. The van der Waals surface area contributed by atoms with Crippen molar-refractivity contribution in [3.63, 3.8) is 0 Å². The first-order chi connectivity index (χ1) is 14.5. The second kappa shape index (κ2) is 10.1. The summed E-state index contributed by atoms with van der Waals surface area (Å²) in [6.07, 6.45) is 1.03. The van der Waals surface area contributed by atoms with E-state index < -0.39 is 6.10 Å². The minimum atomic E-state index is -0.627. The number of halogens is 1. The van der Waals surface area contributed by atoms with Crippen molar-refractivity contribution in [2.75, 3.05) is 20.2 Å². The number of ether oxygens (including phenoxy) is 2. The molecule has 1 aliphatic rings. The van der Waals surface area contributed by atoms with Crippen LogP contribution in [-0.4, -0.2) is 43.2 Å². The Morgan fingerprint density at radius 3 is 2.57 bits per heavy atom. The fourth-order valence-electron chi connectivity index (χ4n) is 3.49. The number of piperidine rings is 1. The van der Waals surface area contributed by atoms with Crippen molar-refractivity contribution in [2.45, 2.75) is 38.5 Å². The third-order valence-electron chi connectivity index (χ3n) is 5.22. The first kappa shape index (κ1) is 21.6. The number of benzene rings is 2. The monoisotopic (exact) mass is 411 g/mol. The molecule has 7 heteroatoms. The molecule has 158 valence electrons. The summed E-state index contributed by atoms with van der Waals surface area (Å²) >= 11 is 0. The van der Waals surface area contributed by atoms with E-state index >= 15 is 0 Å². The molecular formula is C23H26FN3O3. The number of nitriles is 1. The predicted octanol–water partition coefficient (Wildman–Crippen LogP) is 3.25. The van der Waals surface area contributed by atoms with Gasteiger partial charge >= 0.3 is 0 Å². The summed E-state index contributed by atoms with van der Waals surface area (Å²) in [5.41, 5.74) is 1.45. The van der Waals surface area contributed by atoms with Gasteiger partial charge in [0, 0.05) is 25.7 Å². The van der Waals surface area contributed by atoms with Crippen molar-refractivity contribution in [1.82, 2.24) is 10.2 Å². The zero-order chi connectivity index (χ0) is 21.5. The summed E-state index contributed by atoms with van der Waals surface area (Å²) < 4.78 is 24.5. The quantitative estimate of drug-likeness (QED) is 0.757. The van der Waals surface area contributed by atoms with Crippen LogP contribution in [0.3, 0.4) is 0 Å². The average Bonchev–Trinajstić information content (AvgIpc) is 2.75. The molecular weight excluding hydrogens is 385 g/mol. The molecule has 0 aliphatic carbocycles. The van der Waals surface area contributed by atoms with Gasteiger partial charge in [0.2, 0.25) is 0 Å². The molecule has 1 N–H and O–H groups in total. The van der Waals surface area contributed by atoms with E-state index in [1.165, 1.54) is 13.2 Å². The van der Waals surface area contributed by atoms with Crippen LogP contribution in [0, 0.1) is 17.1 Å². The minimum Gasteiger partial charge on any atom is -0.494 e. The number of hydrogen-bond donors (Lipinski definition) is 1. The van der Waals surface area contributed by atoms with Gasteiger partial charge in [-0.15, -0.1) is 0 Å². The van der Waals surface area contributed by atoms with Gasteiger partial charge in [0.1, 0.15) is 5.75 Å². The Hall–Kier alpha value is -3.11. The first-order valence-electron chi connectivity index (χ1n) is 10.0. The molecule has 1 unspecified atom stereocenters. The van der Waals surface area contributed by atoms with E-state index in [4.69, 9.17) is 14.7 Å². The Labute approximate surface area is 176 Å². The zero-order valence-electron chi connectivity index (χ0n) is 17.2. The number of rotatable bonds is 7. The van der Waals surface area contributed by atoms with E-state index in [-0.39, 0.29) is 23.5 Å². The summed E-state index contributed by atoms with van der Waals surface area (Å²) in [6.45, 7) is 4.02. The summed E-state index contributed by atoms with van der Waals surface area (Å²) in [5.74, 6) is 0.291. The van der Waals surface area contributed by atoms with Gasteiger partial charge in [0.25, 0.3) is 5.91 Å². The maximum atomic E-state index is 13.9. The lowest BCUT2D eigenvalue weighted by molar-refractivity contribution is -0.128. The van der Waals surface area contributed by atoms with Crippen molar-refractivity contribution >= 4 is 5.91 Å². The minimum absolute atomic E-state index is 0.0911. The second-order valence-corrected chi connectivity index (χ2v) is 7.42. The molecule has 0 spiro atoms. The number of methoxy groups -OCH3 is 1. The molecule has 0 bridgehead atoms. The summed E-state index contributed by atoms with van der Waals surface area (Å²) in [6, 6.07) is 13.8. The highest BCUT2D eigenvalue weighted by atomic mass is 19.1. The second-order valence-electron chi connectivity index (χ2n) is 7.42. The SMILES string of the molecule is COc1ccc(CN2CCC(NC(=O)C(C)Oc3ccc(C#N)cc3)CC2)cc1F. The highest BCUT2D eigenvalue weighted by Gasteiger charge is 2.24. The first-order valence-corrected chi connectivity index (χ1v) is 10.0. The molecule has 1 atom stereocenters. The Bertz CT molecular complexity index is 903. The van der Waals surface area contributed by atoms with Gasteiger partial charge in [-0.05, 0) is 61.7 Å². The van der Waals surface area contributed by atoms with Crippen LogP contribution in [-0.2, 0) is 11.3 Å². The van der Waals surface area contributed by atoms with Crippen LogP contribution in [0.2, 0.25) is 0 Å². The summed E-state index contributed by atoms with van der Waals surface area (Å²) in [4.78, 5) is 14.7. The van der Waals surface area contributed by atoms with E-state index in [1.807, 2.05) is 12.1 Å². The van der Waals surface area contributed by atoms with Crippen molar-refractivity contribution in [3.05, 3.63) is 59.4 Å². The molecule has 1 fully saturated rings. The van der Waals surface area contributed by atoms with Gasteiger partial charge < -0.3 is 14.8 Å². The molecule has 0 radical (unpaired) electrons. The van der Waals surface area contributed by atoms with Gasteiger partial charge in [-0.1, -0.05) is 6.07 Å². The van der Waals surface area contributed by atoms with E-state index in [0.717, 1.165) is 31.5 Å². The number of nitrogens with one attached hydrogen (secondary N) is 1. The van der Waals surface area contributed by atoms with Crippen LogP contribution < -0.4 is 14.8 Å². The average molecular weight is 411 g/mol. The maximum Gasteiger partial charge on any atom is 0.260 e. The van der Waals surface area contributed by atoms with Gasteiger partial charge in [-0.25, -0.2) is 4.39 Å². The highest BCUT2D eigenvalue weighted by Crippen LogP contribution is 2.20. The van der Waals surface area contributed by atoms with Crippen molar-refractivity contribution in [1.29, 1.82) is 5.26 Å². The molecule has 30 heavy (non-hydrogen) atoms. The number of hydrogen-bond acceptors (Lipinski definition) is 5. The number of carbonyl (C=O) groups excluding carboxylic acids is 1. The van der Waals surface area contributed by atoms with Crippen LogP contribution >= 0.6 is 0 Å². The fourth-order valence-corrected chi connectivity index (χ4v) is 3.49. The molecule has 3 rings (SSSR count). The lowest BCUT2D eigenvalue weighted by Gasteiger charge is -2.33. The van der Waals surface area contributed by atoms with E-state index in [9.17, 15) is 9.18 Å². The predicted molar refractivity (Wildman–Crippen MR) is 111 cm³/mol. The summed E-state index contributed by atoms with van der Waals surface area (Å²) in [5, 5.41) is 11.9. The molecule has 1 amide bonds. The molecule has 2 aromatic carbocycles. The normalized spacial score (nSPS) is 15.8. The molecule has 1 heterocycles. The fraction of sp³-hybridized carbons (Fsp3) is 0.391. The smallest absolute Gasteiger partial charge is 0.260 e. The third kappa shape index (κ3) is 5.71. The van der Waals surface area contributed by atoms with Crippen LogP contribution in [0.1, 0.15) is 30.9 Å². The highest BCUT2D eigenvalue weighted by molar-refractivity contribution is 5.81. The lowest BCUT2D eigenvalue weighted by atomic mass is 10.0. The van der Waals surface area contributed by atoms with Crippen molar-refractivity contribution in [2.24, 2.45) is 0 Å². The number of amides is 1. The topological polar surface area (TPSA) is 74.6 Å². The van der Waals surface area contributed by atoms with E-state index in [1.54, 1.807) is 37.3 Å². The largest absolute Gasteiger partial charge is 0.494 e. The molecule has 1 aliphatic heterocycles. The number of likely N-dealkylation sites (tertiary alicyclic amines) is 1. The standard InChI is InChI=1S/C23H26FN3O3/c1-16(30-20-6-3-17(14-25)4-7-20)23(28)26-19-9-11-27(12-10-19)15-18-5-8-22(29-2)21(24)13-18/h3-8,13,16,19H,9-12,15H2,1-2H3,(H,26,28). The van der Waals surface area contributed by atoms with Gasteiger partial charge in [0.05, 0.1) is 18.7 Å². The van der Waals surface area contributed by atoms with Crippen LogP contribution in [0.25, 0.3) is 0 Å². The third-order valence-corrected chi connectivity index (χ3v) is 5.22. The van der Waals surface area contributed by atoms with Crippen molar-refractivity contribution < 1.29 is 18.7 Å². The molecule has 2 aromatic rings. The van der Waals surface area contributed by atoms with E-state index in [0.29, 0.717) is 17.9 Å². The molecule has 0 saturated carbocycles. The van der Waals surface area contributed by atoms with E-state index in [2.05, 4.69) is 10.2 Å². The van der Waals surface area contributed by atoms with Gasteiger partial charge in [0.15, 0.2) is 17.7 Å². The Morgan fingerprint density at radius 2 is 1.97 bits per heavy atom. The molecule has 6 nitrogen and oxygen atoms in total.